The van der Waals surface area contributed by atoms with Gasteiger partial charge in [0.05, 0.1) is 11.9 Å². The largest absolute Gasteiger partial charge is 0.368 e. The van der Waals surface area contributed by atoms with Crippen LogP contribution in [-0.2, 0) is 4.79 Å². The van der Waals surface area contributed by atoms with E-state index in [0.717, 1.165) is 23.8 Å². The quantitative estimate of drug-likeness (QED) is 0.862. The van der Waals surface area contributed by atoms with Gasteiger partial charge in [-0.05, 0) is 24.3 Å². The fourth-order valence-electron chi connectivity index (χ4n) is 2.35. The number of anilines is 1. The molecule has 0 aliphatic carbocycles. The molecule has 22 heavy (non-hydrogen) atoms. The van der Waals surface area contributed by atoms with Crippen molar-refractivity contribution in [3.8, 4) is 0 Å². The van der Waals surface area contributed by atoms with Crippen molar-refractivity contribution < 1.29 is 9.18 Å². The molecule has 3 rings (SSSR count). The molecule has 0 atom stereocenters. The second kappa shape index (κ2) is 6.78. The lowest BCUT2D eigenvalue weighted by molar-refractivity contribution is -0.128. The summed E-state index contributed by atoms with van der Waals surface area (Å²) >= 11 is 1.38. The average Bonchev–Trinajstić information content (AvgIpc) is 3.07. The van der Waals surface area contributed by atoms with Gasteiger partial charge >= 0.3 is 0 Å². The topological polar surface area (TPSA) is 65.1 Å². The number of aromatic amines is 1. The van der Waals surface area contributed by atoms with Gasteiger partial charge < -0.3 is 9.80 Å². The van der Waals surface area contributed by atoms with E-state index in [2.05, 4.69) is 20.3 Å². The molecule has 0 spiro atoms. The number of benzene rings is 1. The molecule has 2 heterocycles. The van der Waals surface area contributed by atoms with Gasteiger partial charge in [0.15, 0.2) is 0 Å². The van der Waals surface area contributed by atoms with Gasteiger partial charge in [0, 0.05) is 31.9 Å². The van der Waals surface area contributed by atoms with Crippen molar-refractivity contribution >= 4 is 23.4 Å². The predicted octanol–water partition coefficient (Wildman–Crippen LogP) is 1.38. The number of piperazine rings is 1. The highest BCUT2D eigenvalue weighted by Crippen LogP contribution is 2.18. The maximum atomic E-state index is 12.9. The number of thioether (sulfide) groups is 1. The van der Waals surface area contributed by atoms with Crippen LogP contribution in [0.1, 0.15) is 0 Å². The number of rotatable bonds is 4. The first-order valence-electron chi connectivity index (χ1n) is 6.99. The Morgan fingerprint density at radius 2 is 1.95 bits per heavy atom. The second-order valence-electron chi connectivity index (χ2n) is 4.94. The minimum absolute atomic E-state index is 0.103. The van der Waals surface area contributed by atoms with Crippen LogP contribution in [0.3, 0.4) is 0 Å². The number of nitrogens with one attached hydrogen (secondary N) is 1. The maximum Gasteiger partial charge on any atom is 0.233 e. The molecule has 6 nitrogen and oxygen atoms in total. The molecule has 0 unspecified atom stereocenters. The third-order valence-electron chi connectivity index (χ3n) is 3.56. The van der Waals surface area contributed by atoms with Gasteiger partial charge in [0.1, 0.15) is 10.8 Å². The van der Waals surface area contributed by atoms with Crippen LogP contribution in [-0.4, -0.2) is 58.1 Å². The van der Waals surface area contributed by atoms with E-state index in [0.29, 0.717) is 18.8 Å². The van der Waals surface area contributed by atoms with Crippen molar-refractivity contribution in [3.05, 3.63) is 36.3 Å². The summed E-state index contributed by atoms with van der Waals surface area (Å²) in [6, 6.07) is 6.46. The molecule has 0 bridgehead atoms. The van der Waals surface area contributed by atoms with Gasteiger partial charge in [-0.1, -0.05) is 11.8 Å². The predicted molar refractivity (Wildman–Crippen MR) is 82.3 cm³/mol. The zero-order chi connectivity index (χ0) is 15.4. The lowest BCUT2D eigenvalue weighted by atomic mass is 10.2. The molecular weight excluding hydrogens is 305 g/mol. The Morgan fingerprint density at radius 3 is 2.59 bits per heavy atom. The van der Waals surface area contributed by atoms with Crippen LogP contribution in [0, 0.1) is 5.82 Å². The number of nitrogens with zero attached hydrogens (tertiary/aromatic N) is 4. The maximum absolute atomic E-state index is 12.9. The Hall–Kier alpha value is -2.09. The molecule has 1 amide bonds. The number of H-pyrrole nitrogens is 1. The van der Waals surface area contributed by atoms with Gasteiger partial charge in [-0.15, -0.1) is 5.10 Å². The van der Waals surface area contributed by atoms with Crippen LogP contribution < -0.4 is 4.90 Å². The van der Waals surface area contributed by atoms with Gasteiger partial charge in [-0.2, -0.15) is 10.3 Å². The van der Waals surface area contributed by atoms with Crippen LogP contribution >= 0.6 is 11.8 Å². The van der Waals surface area contributed by atoms with E-state index < -0.39 is 0 Å². The molecule has 0 saturated carbocycles. The van der Waals surface area contributed by atoms with Crippen LogP contribution in [0.15, 0.2) is 35.5 Å². The van der Waals surface area contributed by atoms with Gasteiger partial charge in [0.25, 0.3) is 0 Å². The normalized spacial score (nSPS) is 15.1. The Labute approximate surface area is 131 Å². The summed E-state index contributed by atoms with van der Waals surface area (Å²) in [7, 11) is 0. The van der Waals surface area contributed by atoms with Crippen molar-refractivity contribution in [2.24, 2.45) is 0 Å². The number of amides is 1. The molecule has 1 aliphatic heterocycles. The standard InChI is InChI=1S/C14H16FN5OS/c15-11-1-3-12(4-2-11)19-5-7-20(8-6-19)14(21)10-22-13-9-16-18-17-13/h1-4,9H,5-8,10H2,(H,16,17,18). The van der Waals surface area contributed by atoms with Crippen molar-refractivity contribution in [2.45, 2.75) is 5.03 Å². The lowest BCUT2D eigenvalue weighted by Gasteiger charge is -2.36. The molecular formula is C14H16FN5OS. The molecule has 1 aromatic heterocycles. The van der Waals surface area contributed by atoms with Crippen LogP contribution in [0.4, 0.5) is 10.1 Å². The summed E-state index contributed by atoms with van der Waals surface area (Å²) in [6.45, 7) is 2.86. The van der Waals surface area contributed by atoms with Crippen LogP contribution in [0.5, 0.6) is 0 Å². The minimum atomic E-state index is -0.234. The highest BCUT2D eigenvalue weighted by molar-refractivity contribution is 7.99. The van der Waals surface area contributed by atoms with E-state index in [-0.39, 0.29) is 11.7 Å². The van der Waals surface area contributed by atoms with E-state index in [1.807, 2.05) is 4.90 Å². The minimum Gasteiger partial charge on any atom is -0.368 e. The van der Waals surface area contributed by atoms with E-state index in [1.54, 1.807) is 18.3 Å². The summed E-state index contributed by atoms with van der Waals surface area (Å²) in [4.78, 5) is 16.2. The monoisotopic (exact) mass is 321 g/mol. The number of aromatic nitrogens is 3. The Balaban J connectivity index is 1.48. The third-order valence-corrected chi connectivity index (χ3v) is 4.44. The molecule has 8 heteroatoms. The number of carbonyl (C=O) groups excluding carboxylic acids is 1. The van der Waals surface area contributed by atoms with E-state index in [1.165, 1.54) is 23.9 Å². The molecule has 1 N–H and O–H groups in total. The zero-order valence-corrected chi connectivity index (χ0v) is 12.7. The SMILES string of the molecule is O=C(CSc1cn[nH]n1)N1CCN(c2ccc(F)cc2)CC1. The summed E-state index contributed by atoms with van der Waals surface area (Å²) < 4.78 is 12.9. The highest BCUT2D eigenvalue weighted by Gasteiger charge is 2.21. The van der Waals surface area contributed by atoms with Gasteiger partial charge in [-0.25, -0.2) is 4.39 Å². The first kappa shape index (κ1) is 14.8. The summed E-state index contributed by atoms with van der Waals surface area (Å²) in [6.07, 6.45) is 1.60. The van der Waals surface area contributed by atoms with Crippen LogP contribution in [0.2, 0.25) is 0 Å². The van der Waals surface area contributed by atoms with Crippen molar-refractivity contribution in [1.29, 1.82) is 0 Å². The zero-order valence-electron chi connectivity index (χ0n) is 11.9. The highest BCUT2D eigenvalue weighted by atomic mass is 32.2. The second-order valence-corrected chi connectivity index (χ2v) is 5.94. The molecule has 1 fully saturated rings. The van der Waals surface area contributed by atoms with Crippen molar-refractivity contribution in [3.63, 3.8) is 0 Å². The number of hydrogen-bond donors (Lipinski definition) is 1. The summed E-state index contributed by atoms with van der Waals surface area (Å²) in [5, 5.41) is 10.9. The Kier molecular flexibility index (Phi) is 4.57. The molecule has 2 aromatic rings. The fourth-order valence-corrected chi connectivity index (χ4v) is 3.04. The summed E-state index contributed by atoms with van der Waals surface area (Å²) in [5.74, 6) is 0.234. The fraction of sp³-hybridized carbons (Fsp3) is 0.357. The average molecular weight is 321 g/mol. The number of hydrogen-bond acceptors (Lipinski definition) is 5. The van der Waals surface area contributed by atoms with Crippen LogP contribution in [0.25, 0.3) is 0 Å². The first-order valence-corrected chi connectivity index (χ1v) is 7.98. The number of halogens is 1. The van der Waals surface area contributed by atoms with Crippen molar-refractivity contribution in [2.75, 3.05) is 36.8 Å². The van der Waals surface area contributed by atoms with E-state index in [9.17, 15) is 9.18 Å². The van der Waals surface area contributed by atoms with Crippen molar-refractivity contribution in [1.82, 2.24) is 20.3 Å². The molecule has 116 valence electrons. The summed E-state index contributed by atoms with van der Waals surface area (Å²) in [5.41, 5.74) is 0.991. The Bertz CT molecular complexity index is 611. The van der Waals surface area contributed by atoms with Gasteiger partial charge in [0.2, 0.25) is 5.91 Å². The molecule has 0 radical (unpaired) electrons. The van der Waals surface area contributed by atoms with Gasteiger partial charge in [-0.3, -0.25) is 4.79 Å². The Morgan fingerprint density at radius 1 is 1.23 bits per heavy atom. The number of carbonyl (C=O) groups is 1. The van der Waals surface area contributed by atoms with E-state index >= 15 is 0 Å². The molecule has 1 aliphatic rings. The van der Waals surface area contributed by atoms with E-state index in [4.69, 9.17) is 0 Å². The molecule has 1 aromatic carbocycles. The molecule has 1 saturated heterocycles. The first-order chi connectivity index (χ1) is 10.7. The smallest absolute Gasteiger partial charge is 0.233 e. The third kappa shape index (κ3) is 3.56. The lowest BCUT2D eigenvalue weighted by Crippen LogP contribution is -2.49.